The molecule has 1 aliphatic heterocycles. The third-order valence-electron chi connectivity index (χ3n) is 3.73. The Bertz CT molecular complexity index is 358. The summed E-state index contributed by atoms with van der Waals surface area (Å²) in [5.74, 6) is 0.667. The highest BCUT2D eigenvalue weighted by Crippen LogP contribution is 2.24. The zero-order valence-electron chi connectivity index (χ0n) is 11.1. The minimum absolute atomic E-state index is 0.434. The second-order valence-electron chi connectivity index (χ2n) is 5.48. The van der Waals surface area contributed by atoms with Crippen molar-refractivity contribution in [3.8, 4) is 0 Å². The molecule has 0 radical (unpaired) electrons. The van der Waals surface area contributed by atoms with Crippen LogP contribution in [-0.2, 0) is 6.54 Å². The Labute approximate surface area is 104 Å². The van der Waals surface area contributed by atoms with Crippen molar-refractivity contribution in [2.45, 2.75) is 45.8 Å². The summed E-state index contributed by atoms with van der Waals surface area (Å²) >= 11 is 0. The molecule has 2 N–H and O–H groups in total. The quantitative estimate of drug-likeness (QED) is 0.864. The molecule has 0 saturated carbocycles. The standard InChI is InChI=1S/C13H24N4/c1-10(2)17-13(4-5-15-17)9-16-8-12(7-14)6-11(16)3/h4-5,10-12H,6-9,14H2,1-3H3. The van der Waals surface area contributed by atoms with Crippen LogP contribution in [0.3, 0.4) is 0 Å². The van der Waals surface area contributed by atoms with Crippen LogP contribution in [0.2, 0.25) is 0 Å². The van der Waals surface area contributed by atoms with Gasteiger partial charge < -0.3 is 5.73 Å². The van der Waals surface area contributed by atoms with Crippen molar-refractivity contribution < 1.29 is 0 Å². The van der Waals surface area contributed by atoms with Crippen molar-refractivity contribution in [2.75, 3.05) is 13.1 Å². The van der Waals surface area contributed by atoms with E-state index in [9.17, 15) is 0 Å². The SMILES string of the molecule is CC1CC(CN)CN1Cc1ccnn1C(C)C. The summed E-state index contributed by atoms with van der Waals surface area (Å²) in [6, 6.07) is 3.20. The van der Waals surface area contributed by atoms with E-state index >= 15 is 0 Å². The highest BCUT2D eigenvalue weighted by Gasteiger charge is 2.28. The fourth-order valence-electron chi connectivity index (χ4n) is 2.75. The van der Waals surface area contributed by atoms with Gasteiger partial charge in [-0.2, -0.15) is 5.10 Å². The van der Waals surface area contributed by atoms with Crippen LogP contribution in [-0.4, -0.2) is 33.8 Å². The van der Waals surface area contributed by atoms with Crippen molar-refractivity contribution in [1.82, 2.24) is 14.7 Å². The van der Waals surface area contributed by atoms with Gasteiger partial charge in [0, 0.05) is 31.4 Å². The normalized spacial score (nSPS) is 25.9. The molecule has 0 aliphatic carbocycles. The number of aromatic nitrogens is 2. The van der Waals surface area contributed by atoms with Crippen LogP contribution in [0.1, 0.15) is 38.9 Å². The molecular formula is C13H24N4. The van der Waals surface area contributed by atoms with E-state index < -0.39 is 0 Å². The maximum atomic E-state index is 5.77. The Hall–Kier alpha value is -0.870. The minimum Gasteiger partial charge on any atom is -0.330 e. The zero-order chi connectivity index (χ0) is 12.4. The fourth-order valence-corrected chi connectivity index (χ4v) is 2.75. The molecule has 17 heavy (non-hydrogen) atoms. The number of hydrogen-bond donors (Lipinski definition) is 1. The lowest BCUT2D eigenvalue weighted by Crippen LogP contribution is -2.28. The van der Waals surface area contributed by atoms with E-state index in [1.807, 2.05) is 6.20 Å². The second-order valence-corrected chi connectivity index (χ2v) is 5.48. The molecule has 2 atom stereocenters. The van der Waals surface area contributed by atoms with Crippen molar-refractivity contribution in [3.63, 3.8) is 0 Å². The van der Waals surface area contributed by atoms with Crippen molar-refractivity contribution >= 4 is 0 Å². The summed E-state index contributed by atoms with van der Waals surface area (Å²) < 4.78 is 2.11. The average molecular weight is 236 g/mol. The Balaban J connectivity index is 2.03. The summed E-state index contributed by atoms with van der Waals surface area (Å²) in [4.78, 5) is 2.52. The van der Waals surface area contributed by atoms with Gasteiger partial charge in [0.1, 0.15) is 0 Å². The van der Waals surface area contributed by atoms with E-state index in [1.165, 1.54) is 12.1 Å². The van der Waals surface area contributed by atoms with E-state index in [1.54, 1.807) is 0 Å². The number of nitrogens with two attached hydrogens (primary N) is 1. The second kappa shape index (κ2) is 5.19. The lowest BCUT2D eigenvalue weighted by molar-refractivity contribution is 0.245. The predicted molar refractivity (Wildman–Crippen MR) is 69.6 cm³/mol. The third kappa shape index (κ3) is 2.69. The van der Waals surface area contributed by atoms with Gasteiger partial charge in [0.05, 0.1) is 5.69 Å². The monoisotopic (exact) mass is 236 g/mol. The van der Waals surface area contributed by atoms with Gasteiger partial charge >= 0.3 is 0 Å². The van der Waals surface area contributed by atoms with Crippen LogP contribution in [0.5, 0.6) is 0 Å². The Kier molecular flexibility index (Phi) is 3.84. The molecule has 0 bridgehead atoms. The first-order valence-electron chi connectivity index (χ1n) is 6.58. The highest BCUT2D eigenvalue weighted by atomic mass is 15.3. The molecule has 0 spiro atoms. The lowest BCUT2D eigenvalue weighted by Gasteiger charge is -2.22. The summed E-state index contributed by atoms with van der Waals surface area (Å²) in [6.07, 6.45) is 3.13. The number of nitrogens with zero attached hydrogens (tertiary/aromatic N) is 3. The Morgan fingerprint density at radius 1 is 1.53 bits per heavy atom. The first kappa shape index (κ1) is 12.6. The van der Waals surface area contributed by atoms with Gasteiger partial charge in [-0.05, 0) is 45.7 Å². The topological polar surface area (TPSA) is 47.1 Å². The van der Waals surface area contributed by atoms with Crippen LogP contribution in [0.25, 0.3) is 0 Å². The molecule has 2 heterocycles. The molecule has 1 aliphatic rings. The van der Waals surface area contributed by atoms with Crippen molar-refractivity contribution in [1.29, 1.82) is 0 Å². The van der Waals surface area contributed by atoms with E-state index in [0.29, 0.717) is 18.0 Å². The molecular weight excluding hydrogens is 212 g/mol. The van der Waals surface area contributed by atoms with Crippen LogP contribution >= 0.6 is 0 Å². The molecule has 1 saturated heterocycles. The number of likely N-dealkylation sites (tertiary alicyclic amines) is 1. The summed E-state index contributed by atoms with van der Waals surface area (Å²) in [6.45, 7) is 9.58. The lowest BCUT2D eigenvalue weighted by atomic mass is 10.1. The molecule has 96 valence electrons. The number of rotatable bonds is 4. The highest BCUT2D eigenvalue weighted by molar-refractivity contribution is 5.03. The largest absolute Gasteiger partial charge is 0.330 e. The molecule has 2 rings (SSSR count). The van der Waals surface area contributed by atoms with E-state index in [4.69, 9.17) is 5.73 Å². The molecule has 1 fully saturated rings. The van der Waals surface area contributed by atoms with Gasteiger partial charge in [-0.3, -0.25) is 9.58 Å². The van der Waals surface area contributed by atoms with Crippen LogP contribution in [0.15, 0.2) is 12.3 Å². The molecule has 1 aromatic rings. The predicted octanol–water partition coefficient (Wildman–Crippen LogP) is 1.63. The Morgan fingerprint density at radius 2 is 2.29 bits per heavy atom. The molecule has 1 aromatic heterocycles. The molecule has 2 unspecified atom stereocenters. The van der Waals surface area contributed by atoms with E-state index in [0.717, 1.165) is 19.6 Å². The summed E-state index contributed by atoms with van der Waals surface area (Å²) in [7, 11) is 0. The minimum atomic E-state index is 0.434. The van der Waals surface area contributed by atoms with Gasteiger partial charge in [0.25, 0.3) is 0 Å². The molecule has 0 amide bonds. The molecule has 4 nitrogen and oxygen atoms in total. The van der Waals surface area contributed by atoms with Gasteiger partial charge in [0.15, 0.2) is 0 Å². The van der Waals surface area contributed by atoms with Gasteiger partial charge in [-0.25, -0.2) is 0 Å². The smallest absolute Gasteiger partial charge is 0.0527 e. The number of hydrogen-bond acceptors (Lipinski definition) is 3. The first-order valence-corrected chi connectivity index (χ1v) is 6.58. The van der Waals surface area contributed by atoms with Crippen molar-refractivity contribution in [2.24, 2.45) is 11.7 Å². The maximum Gasteiger partial charge on any atom is 0.0527 e. The van der Waals surface area contributed by atoms with Gasteiger partial charge in [-0.15, -0.1) is 0 Å². The average Bonchev–Trinajstić information content (AvgIpc) is 2.87. The molecule has 0 aromatic carbocycles. The Morgan fingerprint density at radius 3 is 2.88 bits per heavy atom. The van der Waals surface area contributed by atoms with Crippen LogP contribution < -0.4 is 5.73 Å². The van der Waals surface area contributed by atoms with E-state index in [2.05, 4.69) is 41.5 Å². The van der Waals surface area contributed by atoms with Crippen molar-refractivity contribution in [3.05, 3.63) is 18.0 Å². The zero-order valence-corrected chi connectivity index (χ0v) is 11.1. The van der Waals surface area contributed by atoms with Crippen LogP contribution in [0, 0.1) is 5.92 Å². The first-order chi connectivity index (χ1) is 8.11. The molecule has 4 heteroatoms. The van der Waals surface area contributed by atoms with Crippen LogP contribution in [0.4, 0.5) is 0 Å². The van der Waals surface area contributed by atoms with E-state index in [-0.39, 0.29) is 0 Å². The van der Waals surface area contributed by atoms with Gasteiger partial charge in [0.2, 0.25) is 0 Å². The fraction of sp³-hybridized carbons (Fsp3) is 0.769. The summed E-state index contributed by atoms with van der Waals surface area (Å²) in [5, 5.41) is 4.39. The summed E-state index contributed by atoms with van der Waals surface area (Å²) in [5.41, 5.74) is 7.08. The third-order valence-corrected chi connectivity index (χ3v) is 3.73. The maximum absolute atomic E-state index is 5.77. The van der Waals surface area contributed by atoms with Gasteiger partial charge in [-0.1, -0.05) is 0 Å².